The van der Waals surface area contributed by atoms with Crippen LogP contribution in [0.5, 0.6) is 5.75 Å². The van der Waals surface area contributed by atoms with Gasteiger partial charge in [0.2, 0.25) is 5.89 Å². The molecule has 1 N–H and O–H groups in total. The molecule has 0 aliphatic rings. The van der Waals surface area contributed by atoms with E-state index in [1.807, 2.05) is 37.3 Å². The van der Waals surface area contributed by atoms with Crippen LogP contribution in [0, 0.1) is 5.92 Å². The first-order valence-electron chi connectivity index (χ1n) is 10.3. The van der Waals surface area contributed by atoms with Crippen LogP contribution in [0.1, 0.15) is 39.5 Å². The first-order valence-corrected chi connectivity index (χ1v) is 10.3. The summed E-state index contributed by atoms with van der Waals surface area (Å²) in [7, 11) is 0. The number of hydrogen-bond donors (Lipinski definition) is 1. The molecule has 30 heavy (non-hydrogen) atoms. The molecule has 0 spiro atoms. The predicted octanol–water partition coefficient (Wildman–Crippen LogP) is 5.46. The van der Waals surface area contributed by atoms with Gasteiger partial charge in [-0.15, -0.1) is 0 Å². The number of ether oxygens (including phenoxy) is 1. The summed E-state index contributed by atoms with van der Waals surface area (Å²) in [6.07, 6.45) is 3.54. The van der Waals surface area contributed by atoms with Crippen LogP contribution in [0.15, 0.2) is 57.7 Å². The lowest BCUT2D eigenvalue weighted by molar-refractivity contribution is -0.139. The molecule has 4 aromatic rings. The highest BCUT2D eigenvalue weighted by atomic mass is 16.5. The number of aromatic nitrogens is 2. The van der Waals surface area contributed by atoms with E-state index in [-0.39, 0.29) is 23.2 Å². The van der Waals surface area contributed by atoms with Gasteiger partial charge in [0.25, 0.3) is 0 Å². The Labute approximate surface area is 173 Å². The summed E-state index contributed by atoms with van der Waals surface area (Å²) >= 11 is 0. The lowest BCUT2D eigenvalue weighted by atomic mass is 10.00. The van der Waals surface area contributed by atoms with E-state index in [1.54, 1.807) is 12.1 Å². The van der Waals surface area contributed by atoms with Crippen molar-refractivity contribution in [2.75, 3.05) is 0 Å². The van der Waals surface area contributed by atoms with Crippen molar-refractivity contribution in [2.24, 2.45) is 5.92 Å². The van der Waals surface area contributed by atoms with Gasteiger partial charge in [0.05, 0.1) is 16.8 Å². The molecule has 0 aliphatic heterocycles. The van der Waals surface area contributed by atoms with Crippen molar-refractivity contribution in [1.29, 1.82) is 0 Å². The average molecular weight is 404 g/mol. The van der Waals surface area contributed by atoms with E-state index in [9.17, 15) is 9.59 Å². The molecule has 2 aromatic carbocycles. The van der Waals surface area contributed by atoms with Crippen LogP contribution in [0.3, 0.4) is 0 Å². The second-order valence-electron chi connectivity index (χ2n) is 7.42. The minimum absolute atomic E-state index is 0.139. The Kier molecular flexibility index (Phi) is 5.65. The Morgan fingerprint density at radius 1 is 1.17 bits per heavy atom. The third-order valence-electron chi connectivity index (χ3n) is 5.31. The topological polar surface area (TPSA) is 85.2 Å². The monoisotopic (exact) mass is 404 g/mol. The Morgan fingerprint density at radius 2 is 2.00 bits per heavy atom. The van der Waals surface area contributed by atoms with Gasteiger partial charge >= 0.3 is 11.6 Å². The van der Waals surface area contributed by atoms with Crippen LogP contribution in [0.25, 0.3) is 33.4 Å². The van der Waals surface area contributed by atoms with Crippen molar-refractivity contribution >= 4 is 27.8 Å². The number of rotatable bonds is 7. The summed E-state index contributed by atoms with van der Waals surface area (Å²) in [5, 5.41) is 1.29. The summed E-state index contributed by atoms with van der Waals surface area (Å²) in [6.45, 7) is 4.07. The van der Waals surface area contributed by atoms with Crippen molar-refractivity contribution in [1.82, 2.24) is 9.97 Å². The molecule has 0 saturated carbocycles. The van der Waals surface area contributed by atoms with E-state index in [1.165, 1.54) is 6.07 Å². The molecule has 2 heterocycles. The third-order valence-corrected chi connectivity index (χ3v) is 5.31. The van der Waals surface area contributed by atoms with Crippen molar-refractivity contribution < 1.29 is 13.9 Å². The van der Waals surface area contributed by atoms with Gasteiger partial charge in [-0.1, -0.05) is 44.9 Å². The van der Waals surface area contributed by atoms with Gasteiger partial charge in [0.15, 0.2) is 0 Å². The highest BCUT2D eigenvalue weighted by Crippen LogP contribution is 2.25. The van der Waals surface area contributed by atoms with E-state index >= 15 is 0 Å². The summed E-state index contributed by atoms with van der Waals surface area (Å²) < 4.78 is 11.0. The highest BCUT2D eigenvalue weighted by Gasteiger charge is 2.19. The largest absolute Gasteiger partial charge is 0.426 e. The number of unbranched alkanes of at least 4 members (excludes halogenated alkanes) is 1. The number of carbonyl (C=O) groups excluding carboxylic acids is 1. The quantitative estimate of drug-likeness (QED) is 0.327. The summed E-state index contributed by atoms with van der Waals surface area (Å²) in [6, 6.07) is 14.5. The van der Waals surface area contributed by atoms with E-state index in [0.717, 1.165) is 36.6 Å². The number of hydrogen-bond acceptors (Lipinski definition) is 5. The number of H-pyrrole nitrogens is 1. The van der Waals surface area contributed by atoms with E-state index in [2.05, 4.69) is 16.9 Å². The number of benzene rings is 2. The molecule has 2 aromatic heterocycles. The molecule has 0 bridgehead atoms. The number of fused-ring (bicyclic) bond motifs is 2. The highest BCUT2D eigenvalue weighted by molar-refractivity contribution is 5.86. The van der Waals surface area contributed by atoms with Crippen LogP contribution in [0.2, 0.25) is 0 Å². The fourth-order valence-electron chi connectivity index (χ4n) is 3.56. The molecule has 0 fully saturated rings. The number of nitrogens with one attached hydrogen (secondary N) is 1. The van der Waals surface area contributed by atoms with E-state index in [0.29, 0.717) is 17.0 Å². The first kappa shape index (κ1) is 19.9. The SMILES string of the molecule is CCCCC(CC)C(=O)Oc1ccc2nc(-c3cc4ccccc4[nH]3)oc(=O)c2c1. The summed E-state index contributed by atoms with van der Waals surface area (Å²) in [4.78, 5) is 32.7. The minimum atomic E-state index is -0.524. The number of para-hydroxylation sites is 1. The molecule has 1 atom stereocenters. The summed E-state index contributed by atoms with van der Waals surface area (Å²) in [5.41, 5.74) is 1.53. The van der Waals surface area contributed by atoms with Gasteiger partial charge in [0.1, 0.15) is 11.4 Å². The fraction of sp³-hybridized carbons (Fsp3) is 0.292. The van der Waals surface area contributed by atoms with Gasteiger partial charge < -0.3 is 14.1 Å². The van der Waals surface area contributed by atoms with Crippen LogP contribution in [0.4, 0.5) is 0 Å². The Balaban J connectivity index is 1.62. The molecule has 0 aliphatic carbocycles. The van der Waals surface area contributed by atoms with Gasteiger partial charge in [-0.2, -0.15) is 0 Å². The van der Waals surface area contributed by atoms with Crippen molar-refractivity contribution in [2.45, 2.75) is 39.5 Å². The first-order chi connectivity index (χ1) is 14.6. The Morgan fingerprint density at radius 3 is 2.77 bits per heavy atom. The minimum Gasteiger partial charge on any atom is -0.426 e. The smallest absolute Gasteiger partial charge is 0.347 e. The lowest BCUT2D eigenvalue weighted by Gasteiger charge is -2.13. The maximum Gasteiger partial charge on any atom is 0.347 e. The zero-order valence-corrected chi connectivity index (χ0v) is 17.1. The van der Waals surface area contributed by atoms with Crippen LogP contribution < -0.4 is 10.4 Å². The molecule has 4 rings (SSSR count). The molecule has 154 valence electrons. The van der Waals surface area contributed by atoms with Crippen molar-refractivity contribution in [3.8, 4) is 17.3 Å². The van der Waals surface area contributed by atoms with Crippen LogP contribution in [-0.2, 0) is 4.79 Å². The van der Waals surface area contributed by atoms with Gasteiger partial charge in [0, 0.05) is 10.9 Å². The lowest BCUT2D eigenvalue weighted by Crippen LogP contribution is -2.20. The number of aromatic amines is 1. The number of esters is 1. The normalized spacial score (nSPS) is 12.3. The molecule has 6 nitrogen and oxygen atoms in total. The second-order valence-corrected chi connectivity index (χ2v) is 7.42. The molecule has 0 saturated heterocycles. The number of nitrogens with zero attached hydrogens (tertiary/aromatic N) is 1. The third kappa shape index (κ3) is 3.99. The maximum absolute atomic E-state index is 12.6. The van der Waals surface area contributed by atoms with E-state index in [4.69, 9.17) is 9.15 Å². The summed E-state index contributed by atoms with van der Waals surface area (Å²) in [5.74, 6) is 0.144. The Hall–Kier alpha value is -3.41. The molecule has 1 unspecified atom stereocenters. The molecule has 0 radical (unpaired) electrons. The fourth-order valence-corrected chi connectivity index (χ4v) is 3.56. The van der Waals surface area contributed by atoms with Crippen LogP contribution >= 0.6 is 0 Å². The average Bonchev–Trinajstić information content (AvgIpc) is 3.19. The van der Waals surface area contributed by atoms with Gasteiger partial charge in [-0.25, -0.2) is 9.78 Å². The van der Waals surface area contributed by atoms with Gasteiger partial charge in [-0.3, -0.25) is 4.79 Å². The number of carbonyl (C=O) groups is 1. The predicted molar refractivity (Wildman–Crippen MR) is 117 cm³/mol. The van der Waals surface area contributed by atoms with Crippen molar-refractivity contribution in [3.63, 3.8) is 0 Å². The zero-order chi connectivity index (χ0) is 21.1. The Bertz CT molecular complexity index is 1220. The zero-order valence-electron chi connectivity index (χ0n) is 17.1. The maximum atomic E-state index is 12.6. The van der Waals surface area contributed by atoms with Crippen molar-refractivity contribution in [3.05, 3.63) is 59.0 Å². The van der Waals surface area contributed by atoms with E-state index < -0.39 is 5.63 Å². The molecular weight excluding hydrogens is 380 g/mol. The standard InChI is InChI=1S/C24H24N2O4/c1-3-5-8-15(4-2)23(27)29-17-11-12-20-18(14-17)24(28)30-22(26-20)21-13-16-9-6-7-10-19(16)25-21/h6-7,9-15,25H,3-5,8H2,1-2H3. The van der Waals surface area contributed by atoms with Gasteiger partial charge in [-0.05, 0) is 43.2 Å². The van der Waals surface area contributed by atoms with Crippen LogP contribution in [-0.4, -0.2) is 15.9 Å². The molecule has 0 amide bonds. The molecular formula is C24H24N2O4. The molecule has 6 heteroatoms. The second kappa shape index (κ2) is 8.53.